The van der Waals surface area contributed by atoms with E-state index in [1.165, 1.54) is 11.8 Å². The van der Waals surface area contributed by atoms with Gasteiger partial charge in [0.2, 0.25) is 0 Å². The van der Waals surface area contributed by atoms with E-state index >= 15 is 0 Å². The zero-order valence-corrected chi connectivity index (χ0v) is 17.1. The molecule has 144 valence electrons. The van der Waals surface area contributed by atoms with Crippen LogP contribution >= 0.6 is 35.3 Å². The van der Waals surface area contributed by atoms with Crippen LogP contribution in [-0.4, -0.2) is 41.7 Å². The van der Waals surface area contributed by atoms with E-state index in [0.717, 1.165) is 61.3 Å². The van der Waals surface area contributed by atoms with E-state index in [4.69, 9.17) is 16.3 Å². The van der Waals surface area contributed by atoms with E-state index in [2.05, 4.69) is 10.1 Å². The highest BCUT2D eigenvalue weighted by Gasteiger charge is 2.17. The van der Waals surface area contributed by atoms with E-state index in [9.17, 15) is 9.59 Å². The molecule has 0 unspecified atom stereocenters. The molecule has 0 aromatic heterocycles. The van der Waals surface area contributed by atoms with Crippen LogP contribution in [0, 0.1) is 0 Å². The number of carbonyl (C=O) groups excluding carboxylic acids is 2. The minimum Gasteiger partial charge on any atom is -0.465 e. The Balaban J connectivity index is 1.82. The third kappa shape index (κ3) is 7.26. The molecule has 1 amide bonds. The van der Waals surface area contributed by atoms with E-state index in [1.54, 1.807) is 17.1 Å². The van der Waals surface area contributed by atoms with Gasteiger partial charge in [0.15, 0.2) is 0 Å². The molecule has 2 rings (SSSR count). The van der Waals surface area contributed by atoms with Gasteiger partial charge in [-0.2, -0.15) is 0 Å². The van der Waals surface area contributed by atoms with Gasteiger partial charge in [-0.15, -0.1) is 11.8 Å². The Hall–Kier alpha value is -1.09. The summed E-state index contributed by atoms with van der Waals surface area (Å²) >= 11 is 8.54. The van der Waals surface area contributed by atoms with Crippen LogP contribution in [0.2, 0.25) is 5.02 Å². The number of nitrogens with zero attached hydrogens (tertiary/aromatic N) is 1. The maximum atomic E-state index is 12.1. The molecule has 1 fully saturated rings. The number of amides is 1. The fourth-order valence-corrected chi connectivity index (χ4v) is 3.84. The van der Waals surface area contributed by atoms with Gasteiger partial charge in [0, 0.05) is 35.6 Å². The SMILES string of the molecule is CCCCOC(=O)CSc1cc(NSC(=O)N2CCCCN2)ccc1Cl. The number of hydrazine groups is 1. The summed E-state index contributed by atoms with van der Waals surface area (Å²) in [7, 11) is 0. The van der Waals surface area contributed by atoms with Gasteiger partial charge in [0.25, 0.3) is 0 Å². The van der Waals surface area contributed by atoms with Crippen molar-refractivity contribution in [3.63, 3.8) is 0 Å². The Bertz CT molecular complexity index is 613. The second-order valence-electron chi connectivity index (χ2n) is 5.74. The molecule has 2 N–H and O–H groups in total. The summed E-state index contributed by atoms with van der Waals surface area (Å²) in [6.07, 6.45) is 3.95. The second kappa shape index (κ2) is 11.6. The molecule has 0 bridgehead atoms. The van der Waals surface area contributed by atoms with Crippen LogP contribution in [0.3, 0.4) is 0 Å². The smallest absolute Gasteiger partial charge is 0.316 e. The molecule has 1 aliphatic rings. The first kappa shape index (κ1) is 21.2. The van der Waals surface area contributed by atoms with Gasteiger partial charge in [-0.25, -0.2) is 5.43 Å². The number of rotatable bonds is 8. The summed E-state index contributed by atoms with van der Waals surface area (Å²) in [5, 5.41) is 2.11. The normalized spacial score (nSPS) is 14.2. The molecule has 0 saturated carbocycles. The van der Waals surface area contributed by atoms with E-state index < -0.39 is 0 Å². The maximum absolute atomic E-state index is 12.1. The van der Waals surface area contributed by atoms with Crippen molar-refractivity contribution < 1.29 is 14.3 Å². The standard InChI is InChI=1S/C17H24ClN3O3S2/c1-2-3-10-24-16(22)12-25-15-11-13(6-7-14(15)18)20-26-17(23)21-9-5-4-8-19-21/h6-7,11,19-20H,2-5,8-10,12H2,1H3. The molecule has 0 atom stereocenters. The maximum Gasteiger partial charge on any atom is 0.316 e. The number of unbranched alkanes of at least 4 members (excludes halogenated alkanes) is 1. The van der Waals surface area contributed by atoms with Crippen molar-refractivity contribution in [2.75, 3.05) is 30.2 Å². The molecular formula is C17H24ClN3O3S2. The predicted molar refractivity (Wildman–Crippen MR) is 109 cm³/mol. The zero-order valence-electron chi connectivity index (χ0n) is 14.8. The zero-order chi connectivity index (χ0) is 18.8. The molecule has 1 heterocycles. The average Bonchev–Trinajstić information content (AvgIpc) is 2.67. The molecule has 0 spiro atoms. The first-order chi connectivity index (χ1) is 12.6. The Kier molecular flexibility index (Phi) is 9.45. The van der Waals surface area contributed by atoms with Crippen LogP contribution in [-0.2, 0) is 9.53 Å². The van der Waals surface area contributed by atoms with Crippen molar-refractivity contribution in [1.29, 1.82) is 0 Å². The fraction of sp³-hybridized carbons (Fsp3) is 0.529. The van der Waals surface area contributed by atoms with Crippen molar-refractivity contribution >= 4 is 52.2 Å². The molecule has 9 heteroatoms. The second-order valence-corrected chi connectivity index (χ2v) is 7.93. The topological polar surface area (TPSA) is 70.7 Å². The lowest BCUT2D eigenvalue weighted by Gasteiger charge is -2.26. The summed E-state index contributed by atoms with van der Waals surface area (Å²) in [6, 6.07) is 5.38. The van der Waals surface area contributed by atoms with Gasteiger partial charge in [-0.1, -0.05) is 24.9 Å². The summed E-state index contributed by atoms with van der Waals surface area (Å²) in [5.74, 6) is -0.0463. The highest BCUT2D eigenvalue weighted by molar-refractivity contribution is 8.14. The number of benzene rings is 1. The largest absolute Gasteiger partial charge is 0.465 e. The molecular weight excluding hydrogens is 394 g/mol. The van der Waals surface area contributed by atoms with Crippen molar-refractivity contribution in [2.24, 2.45) is 0 Å². The number of anilines is 1. The minimum atomic E-state index is -0.251. The van der Waals surface area contributed by atoms with Crippen LogP contribution in [0.1, 0.15) is 32.6 Å². The number of thioether (sulfide) groups is 1. The summed E-state index contributed by atoms with van der Waals surface area (Å²) < 4.78 is 8.18. The van der Waals surface area contributed by atoms with Crippen LogP contribution in [0.5, 0.6) is 0 Å². The minimum absolute atomic E-state index is 0.0756. The lowest BCUT2D eigenvalue weighted by molar-refractivity contribution is -0.140. The molecule has 0 radical (unpaired) electrons. The average molecular weight is 418 g/mol. The van der Waals surface area contributed by atoms with Gasteiger partial charge < -0.3 is 9.46 Å². The Morgan fingerprint density at radius 1 is 1.38 bits per heavy atom. The Labute approximate surface area is 167 Å². The first-order valence-corrected chi connectivity index (χ1v) is 10.8. The molecule has 1 aliphatic heterocycles. The lowest BCUT2D eigenvalue weighted by Crippen LogP contribution is -2.45. The van der Waals surface area contributed by atoms with Crippen LogP contribution in [0.15, 0.2) is 23.1 Å². The van der Waals surface area contributed by atoms with Gasteiger partial charge in [0.1, 0.15) is 0 Å². The van der Waals surface area contributed by atoms with Crippen molar-refractivity contribution in [3.8, 4) is 0 Å². The molecule has 1 aromatic rings. The van der Waals surface area contributed by atoms with Crippen LogP contribution in [0.4, 0.5) is 10.5 Å². The van der Waals surface area contributed by atoms with E-state index in [1.807, 2.05) is 13.0 Å². The van der Waals surface area contributed by atoms with E-state index in [0.29, 0.717) is 11.6 Å². The van der Waals surface area contributed by atoms with Crippen LogP contribution in [0.25, 0.3) is 0 Å². The van der Waals surface area contributed by atoms with Gasteiger partial charge in [-0.05, 0) is 37.5 Å². The lowest BCUT2D eigenvalue weighted by atomic mass is 10.3. The summed E-state index contributed by atoms with van der Waals surface area (Å²) in [6.45, 7) is 4.04. The molecule has 6 nitrogen and oxygen atoms in total. The number of carbonyl (C=O) groups is 2. The number of esters is 1. The van der Waals surface area contributed by atoms with Crippen molar-refractivity contribution in [1.82, 2.24) is 10.4 Å². The number of halogens is 1. The number of hydrogen-bond acceptors (Lipinski definition) is 7. The highest BCUT2D eigenvalue weighted by Crippen LogP contribution is 2.31. The third-order valence-electron chi connectivity index (χ3n) is 3.63. The van der Waals surface area contributed by atoms with E-state index in [-0.39, 0.29) is 17.0 Å². The first-order valence-electron chi connectivity index (χ1n) is 8.66. The molecule has 1 saturated heterocycles. The number of hydrogen-bond donors (Lipinski definition) is 2. The van der Waals surface area contributed by atoms with Gasteiger partial charge in [0.05, 0.1) is 17.4 Å². The molecule has 26 heavy (non-hydrogen) atoms. The third-order valence-corrected chi connectivity index (χ3v) is 5.83. The summed E-state index contributed by atoms with van der Waals surface area (Å²) in [5.41, 5.74) is 3.83. The van der Waals surface area contributed by atoms with Crippen LogP contribution < -0.4 is 10.1 Å². The summed E-state index contributed by atoms with van der Waals surface area (Å²) in [4.78, 5) is 24.6. The van der Waals surface area contributed by atoms with Crippen molar-refractivity contribution in [2.45, 2.75) is 37.5 Å². The number of nitrogens with one attached hydrogen (secondary N) is 2. The van der Waals surface area contributed by atoms with Gasteiger partial charge >= 0.3 is 11.2 Å². The molecule has 1 aromatic carbocycles. The number of ether oxygens (including phenoxy) is 1. The monoisotopic (exact) mass is 417 g/mol. The van der Waals surface area contributed by atoms with Gasteiger partial charge in [-0.3, -0.25) is 14.6 Å². The quantitative estimate of drug-likeness (QED) is 0.278. The Morgan fingerprint density at radius 3 is 2.96 bits per heavy atom. The Morgan fingerprint density at radius 2 is 2.23 bits per heavy atom. The fourth-order valence-electron chi connectivity index (χ4n) is 2.19. The predicted octanol–water partition coefficient (Wildman–Crippen LogP) is 4.56. The molecule has 0 aliphatic carbocycles. The van der Waals surface area contributed by atoms with Crippen molar-refractivity contribution in [3.05, 3.63) is 23.2 Å². The highest BCUT2D eigenvalue weighted by atomic mass is 35.5.